The third-order valence-corrected chi connectivity index (χ3v) is 6.13. The van der Waals surface area contributed by atoms with Gasteiger partial charge in [0.2, 0.25) is 0 Å². The Morgan fingerprint density at radius 3 is 2.29 bits per heavy atom. The number of aliphatic hydroxyl groups excluding tert-OH is 1. The maximum absolute atomic E-state index is 13.2. The van der Waals surface area contributed by atoms with Gasteiger partial charge in [-0.1, -0.05) is 41.4 Å². The van der Waals surface area contributed by atoms with E-state index in [9.17, 15) is 14.7 Å². The number of likely N-dealkylation sites (tertiary alicyclic amines) is 1. The van der Waals surface area contributed by atoms with Crippen molar-refractivity contribution in [2.75, 3.05) is 14.2 Å². The first-order valence-corrected chi connectivity index (χ1v) is 11.0. The summed E-state index contributed by atoms with van der Waals surface area (Å²) in [6.07, 6.45) is 3.11. The number of hydrogen-bond donors (Lipinski definition) is 1. The van der Waals surface area contributed by atoms with Crippen LogP contribution in [0.1, 0.15) is 22.7 Å². The number of aliphatic hydroxyl groups is 1. The summed E-state index contributed by atoms with van der Waals surface area (Å²) in [6, 6.07) is 12.6. The van der Waals surface area contributed by atoms with Gasteiger partial charge in [-0.2, -0.15) is 0 Å². The van der Waals surface area contributed by atoms with Crippen molar-refractivity contribution in [2.24, 2.45) is 0 Å². The molecule has 1 fully saturated rings. The summed E-state index contributed by atoms with van der Waals surface area (Å²) in [7, 11) is 2.95. The maximum atomic E-state index is 13.2. The topological polar surface area (TPSA) is 89.0 Å². The minimum Gasteiger partial charge on any atom is -0.507 e. The van der Waals surface area contributed by atoms with Crippen LogP contribution in [-0.2, 0) is 16.1 Å². The van der Waals surface area contributed by atoms with Crippen LogP contribution in [0.3, 0.4) is 0 Å². The lowest BCUT2D eigenvalue weighted by Crippen LogP contribution is -2.29. The molecule has 174 valence electrons. The highest BCUT2D eigenvalue weighted by Gasteiger charge is 2.46. The van der Waals surface area contributed by atoms with Crippen LogP contribution in [0.4, 0.5) is 0 Å². The molecule has 1 amide bonds. The van der Waals surface area contributed by atoms with Gasteiger partial charge in [0.1, 0.15) is 11.5 Å². The molecule has 2 heterocycles. The summed E-state index contributed by atoms with van der Waals surface area (Å²) in [6.45, 7) is 0.0858. The van der Waals surface area contributed by atoms with E-state index in [4.69, 9.17) is 32.7 Å². The van der Waals surface area contributed by atoms with Gasteiger partial charge in [-0.05, 0) is 35.9 Å². The van der Waals surface area contributed by atoms with E-state index < -0.39 is 23.5 Å². The van der Waals surface area contributed by atoms with Crippen LogP contribution < -0.4 is 9.47 Å². The smallest absolute Gasteiger partial charge is 0.295 e. The Labute approximate surface area is 206 Å². The van der Waals surface area contributed by atoms with Crippen LogP contribution in [0.2, 0.25) is 10.0 Å². The van der Waals surface area contributed by atoms with Crippen molar-refractivity contribution in [1.82, 2.24) is 9.88 Å². The third kappa shape index (κ3) is 4.20. The molecule has 1 aliphatic rings. The molecule has 1 aromatic heterocycles. The molecule has 4 rings (SSSR count). The second-order valence-corrected chi connectivity index (χ2v) is 8.31. The summed E-state index contributed by atoms with van der Waals surface area (Å²) in [5, 5.41) is 11.5. The highest BCUT2D eigenvalue weighted by molar-refractivity contribution is 6.46. The zero-order valence-corrected chi connectivity index (χ0v) is 19.8. The Morgan fingerprint density at radius 2 is 1.68 bits per heavy atom. The molecule has 0 bridgehead atoms. The van der Waals surface area contributed by atoms with E-state index in [1.807, 2.05) is 18.2 Å². The minimum atomic E-state index is -0.868. The Kier molecular flexibility index (Phi) is 6.77. The van der Waals surface area contributed by atoms with E-state index in [1.54, 1.807) is 30.6 Å². The van der Waals surface area contributed by atoms with E-state index in [2.05, 4.69) is 4.98 Å². The van der Waals surface area contributed by atoms with E-state index in [1.165, 1.54) is 31.3 Å². The van der Waals surface area contributed by atoms with E-state index in [-0.39, 0.29) is 33.5 Å². The molecule has 1 atom stereocenters. The zero-order valence-electron chi connectivity index (χ0n) is 18.3. The van der Waals surface area contributed by atoms with Crippen LogP contribution in [-0.4, -0.2) is 40.9 Å². The van der Waals surface area contributed by atoms with Crippen molar-refractivity contribution in [2.45, 2.75) is 12.6 Å². The van der Waals surface area contributed by atoms with Crippen molar-refractivity contribution >= 4 is 40.7 Å². The lowest BCUT2D eigenvalue weighted by atomic mass is 9.95. The molecule has 34 heavy (non-hydrogen) atoms. The number of Topliss-reactive ketones (excluding diaryl/α,β-unsaturated/α-hetero) is 1. The SMILES string of the molecule is COc1ccccc1CN1C(=O)C(=O)/C(=C(/O)c2cc(Cl)c(OC)c(Cl)c2)C1c1ccncc1. The predicted octanol–water partition coefficient (Wildman–Crippen LogP) is 5.03. The lowest BCUT2D eigenvalue weighted by Gasteiger charge is -2.26. The second-order valence-electron chi connectivity index (χ2n) is 7.49. The third-order valence-electron chi connectivity index (χ3n) is 5.57. The second kappa shape index (κ2) is 9.75. The molecule has 0 saturated carbocycles. The molecule has 9 heteroatoms. The number of halogens is 2. The Bertz CT molecular complexity index is 1270. The number of aromatic nitrogens is 1. The molecule has 2 aromatic carbocycles. The fourth-order valence-corrected chi connectivity index (χ4v) is 4.64. The van der Waals surface area contributed by atoms with Crippen LogP contribution in [0.15, 0.2) is 66.5 Å². The van der Waals surface area contributed by atoms with Crippen molar-refractivity contribution in [1.29, 1.82) is 0 Å². The predicted molar refractivity (Wildman–Crippen MR) is 128 cm³/mol. The zero-order chi connectivity index (χ0) is 24.4. The molecule has 0 radical (unpaired) electrons. The number of para-hydroxylation sites is 1. The summed E-state index contributed by atoms with van der Waals surface area (Å²) < 4.78 is 10.6. The van der Waals surface area contributed by atoms with Gasteiger partial charge in [0.25, 0.3) is 11.7 Å². The van der Waals surface area contributed by atoms with Gasteiger partial charge in [-0.15, -0.1) is 0 Å². The number of methoxy groups -OCH3 is 2. The van der Waals surface area contributed by atoms with Gasteiger partial charge in [0.15, 0.2) is 5.75 Å². The standard InChI is InChI=1S/C25H20Cl2N2O5/c1-33-19-6-4-3-5-15(19)13-29-21(14-7-9-28-10-8-14)20(23(31)25(29)32)22(30)16-11-17(26)24(34-2)18(27)12-16/h3-12,21,30H,13H2,1-2H3/b22-20+. The summed E-state index contributed by atoms with van der Waals surface area (Å²) in [5.74, 6) is -1.15. The minimum absolute atomic E-state index is 0.0802. The number of pyridine rings is 1. The van der Waals surface area contributed by atoms with E-state index >= 15 is 0 Å². The van der Waals surface area contributed by atoms with Gasteiger partial charge in [-0.3, -0.25) is 14.6 Å². The monoisotopic (exact) mass is 498 g/mol. The van der Waals surface area contributed by atoms with Crippen molar-refractivity contribution < 1.29 is 24.2 Å². The van der Waals surface area contributed by atoms with E-state index in [0.717, 1.165) is 0 Å². The molecule has 0 spiro atoms. The number of ether oxygens (including phenoxy) is 2. The fraction of sp³-hybridized carbons (Fsp3) is 0.160. The quantitative estimate of drug-likeness (QED) is 0.291. The molecule has 3 aromatic rings. The number of carbonyl (C=O) groups is 2. The number of benzene rings is 2. The molecule has 7 nitrogen and oxygen atoms in total. The highest BCUT2D eigenvalue weighted by atomic mass is 35.5. The molecule has 1 unspecified atom stereocenters. The highest BCUT2D eigenvalue weighted by Crippen LogP contribution is 2.42. The fourth-order valence-electron chi connectivity index (χ4n) is 4.00. The Hall–Kier alpha value is -3.55. The van der Waals surface area contributed by atoms with Crippen LogP contribution in [0.25, 0.3) is 5.76 Å². The number of hydrogen-bond acceptors (Lipinski definition) is 6. The summed E-state index contributed by atoms with van der Waals surface area (Å²) in [5.41, 5.74) is 1.42. The lowest BCUT2D eigenvalue weighted by molar-refractivity contribution is -0.140. The van der Waals surface area contributed by atoms with Crippen molar-refractivity contribution in [3.63, 3.8) is 0 Å². The summed E-state index contributed by atoms with van der Waals surface area (Å²) >= 11 is 12.5. The largest absolute Gasteiger partial charge is 0.507 e. The number of ketones is 1. The van der Waals surface area contributed by atoms with Gasteiger partial charge in [0, 0.05) is 23.5 Å². The number of carbonyl (C=O) groups excluding carboxylic acids is 2. The van der Waals surface area contributed by atoms with Crippen LogP contribution >= 0.6 is 23.2 Å². The van der Waals surface area contributed by atoms with Crippen molar-refractivity contribution in [3.05, 3.63) is 93.2 Å². The van der Waals surface area contributed by atoms with Gasteiger partial charge < -0.3 is 19.5 Å². The van der Waals surface area contributed by atoms with E-state index in [0.29, 0.717) is 16.9 Å². The Balaban J connectivity index is 1.88. The van der Waals surface area contributed by atoms with Gasteiger partial charge in [0.05, 0.1) is 42.4 Å². The maximum Gasteiger partial charge on any atom is 0.295 e. The number of rotatable bonds is 6. The molecular formula is C25H20Cl2N2O5. The van der Waals surface area contributed by atoms with Gasteiger partial charge >= 0.3 is 0 Å². The first kappa shape index (κ1) is 23.6. The van der Waals surface area contributed by atoms with Crippen LogP contribution in [0.5, 0.6) is 11.5 Å². The normalized spacial score (nSPS) is 17.2. The molecule has 1 aliphatic heterocycles. The molecular weight excluding hydrogens is 479 g/mol. The first-order chi connectivity index (χ1) is 16.4. The molecule has 0 aliphatic carbocycles. The number of amides is 1. The first-order valence-electron chi connectivity index (χ1n) is 10.2. The van der Waals surface area contributed by atoms with Gasteiger partial charge in [-0.25, -0.2) is 0 Å². The Morgan fingerprint density at radius 1 is 1.03 bits per heavy atom. The van der Waals surface area contributed by atoms with Crippen molar-refractivity contribution in [3.8, 4) is 11.5 Å². The van der Waals surface area contributed by atoms with Crippen LogP contribution in [0, 0.1) is 0 Å². The molecule has 1 N–H and O–H groups in total. The average Bonchev–Trinajstić information content (AvgIpc) is 3.09. The number of nitrogens with zero attached hydrogens (tertiary/aromatic N) is 2. The average molecular weight is 499 g/mol. The summed E-state index contributed by atoms with van der Waals surface area (Å²) in [4.78, 5) is 31.8. The molecule has 1 saturated heterocycles.